The Bertz CT molecular complexity index is 732. The summed E-state index contributed by atoms with van der Waals surface area (Å²) in [5.41, 5.74) is 9.39. The Balaban J connectivity index is 1.95. The molecule has 4 nitrogen and oxygen atoms in total. The van der Waals surface area contributed by atoms with E-state index >= 15 is 0 Å². The van der Waals surface area contributed by atoms with Gasteiger partial charge in [-0.05, 0) is 60.6 Å². The Labute approximate surface area is 149 Å². The molecule has 0 radical (unpaired) electrons. The summed E-state index contributed by atoms with van der Waals surface area (Å²) < 4.78 is 4.83. The summed E-state index contributed by atoms with van der Waals surface area (Å²) in [6.45, 7) is 0. The topological polar surface area (TPSA) is 76.1 Å². The molecule has 0 heterocycles. The number of nitrogens with zero attached hydrogens (tertiary/aromatic N) is 1. The molecular weight excluding hydrogens is 312 g/mol. The largest absolute Gasteiger partial charge is 0.469 e. The van der Waals surface area contributed by atoms with Crippen LogP contribution in [-0.2, 0) is 16.0 Å². The molecule has 0 aliphatic carbocycles. The number of ether oxygens (including phenoxy) is 1. The maximum absolute atomic E-state index is 11.7. The van der Waals surface area contributed by atoms with Crippen LogP contribution in [0.2, 0.25) is 0 Å². The summed E-state index contributed by atoms with van der Waals surface area (Å²) in [5, 5.41) is 9.08. The second-order valence-electron chi connectivity index (χ2n) is 6.20. The van der Waals surface area contributed by atoms with Gasteiger partial charge in [0.05, 0.1) is 25.2 Å². The molecule has 2 aromatic carbocycles. The van der Waals surface area contributed by atoms with Gasteiger partial charge in [-0.25, -0.2) is 0 Å². The van der Waals surface area contributed by atoms with E-state index in [4.69, 9.17) is 15.7 Å². The van der Waals surface area contributed by atoms with Crippen molar-refractivity contribution >= 4 is 11.7 Å². The third-order valence-electron chi connectivity index (χ3n) is 4.38. The molecule has 25 heavy (non-hydrogen) atoms. The average molecular weight is 336 g/mol. The molecule has 0 aliphatic rings. The van der Waals surface area contributed by atoms with E-state index in [1.54, 1.807) is 6.07 Å². The maximum atomic E-state index is 11.7. The van der Waals surface area contributed by atoms with Crippen LogP contribution in [-0.4, -0.2) is 13.1 Å². The van der Waals surface area contributed by atoms with Crippen molar-refractivity contribution in [1.29, 1.82) is 5.26 Å². The average Bonchev–Trinajstić information content (AvgIpc) is 2.65. The highest BCUT2D eigenvalue weighted by molar-refractivity contribution is 5.70. The van der Waals surface area contributed by atoms with Gasteiger partial charge in [-0.2, -0.15) is 5.26 Å². The van der Waals surface area contributed by atoms with Gasteiger partial charge in [0.15, 0.2) is 0 Å². The minimum Gasteiger partial charge on any atom is -0.469 e. The van der Waals surface area contributed by atoms with Gasteiger partial charge in [0.2, 0.25) is 0 Å². The number of anilines is 1. The highest BCUT2D eigenvalue weighted by Gasteiger charge is 2.16. The molecule has 1 atom stereocenters. The van der Waals surface area contributed by atoms with E-state index in [0.29, 0.717) is 12.0 Å². The number of rotatable bonds is 8. The zero-order chi connectivity index (χ0) is 18.1. The normalized spacial score (nSPS) is 11.5. The predicted molar refractivity (Wildman–Crippen MR) is 98.9 cm³/mol. The van der Waals surface area contributed by atoms with E-state index in [-0.39, 0.29) is 11.9 Å². The lowest BCUT2D eigenvalue weighted by atomic mass is 9.89. The number of methoxy groups -OCH3 is 1. The van der Waals surface area contributed by atoms with E-state index in [2.05, 4.69) is 18.2 Å². The number of unbranched alkanes of at least 4 members (excludes halogenated alkanes) is 1. The fourth-order valence-corrected chi connectivity index (χ4v) is 2.94. The van der Waals surface area contributed by atoms with Crippen LogP contribution >= 0.6 is 0 Å². The maximum Gasteiger partial charge on any atom is 0.306 e. The fourth-order valence-electron chi connectivity index (χ4n) is 2.94. The molecular formula is C21H24N2O2. The van der Waals surface area contributed by atoms with Gasteiger partial charge in [-0.15, -0.1) is 0 Å². The van der Waals surface area contributed by atoms with Crippen LogP contribution in [0.3, 0.4) is 0 Å². The quantitative estimate of drug-likeness (QED) is 0.445. The molecule has 2 N–H and O–H groups in total. The SMILES string of the molecule is COC(=O)CC(CCCCc1ccc(N)cc1)c1cccc(C#N)c1. The molecule has 0 aliphatic heterocycles. The van der Waals surface area contributed by atoms with Crippen molar-refractivity contribution in [2.75, 3.05) is 12.8 Å². The summed E-state index contributed by atoms with van der Waals surface area (Å²) in [5.74, 6) is -0.141. The molecule has 2 rings (SSSR count). The van der Waals surface area contributed by atoms with Crippen LogP contribution in [0.5, 0.6) is 0 Å². The van der Waals surface area contributed by atoms with Gasteiger partial charge in [-0.1, -0.05) is 30.7 Å². The van der Waals surface area contributed by atoms with Gasteiger partial charge < -0.3 is 10.5 Å². The molecule has 0 spiro atoms. The van der Waals surface area contributed by atoms with Crippen LogP contribution in [0, 0.1) is 11.3 Å². The summed E-state index contributed by atoms with van der Waals surface area (Å²) in [7, 11) is 1.41. The van der Waals surface area contributed by atoms with Crippen molar-refractivity contribution in [3.8, 4) is 6.07 Å². The van der Waals surface area contributed by atoms with Gasteiger partial charge >= 0.3 is 5.97 Å². The molecule has 0 aromatic heterocycles. The number of carbonyl (C=O) groups is 1. The van der Waals surface area contributed by atoms with E-state index in [0.717, 1.165) is 36.9 Å². The smallest absolute Gasteiger partial charge is 0.306 e. The van der Waals surface area contributed by atoms with Crippen LogP contribution in [0.1, 0.15) is 48.3 Å². The first kappa shape index (κ1) is 18.5. The van der Waals surface area contributed by atoms with Crippen molar-refractivity contribution in [1.82, 2.24) is 0 Å². The fraction of sp³-hybridized carbons (Fsp3) is 0.333. The molecule has 1 unspecified atom stereocenters. The Morgan fingerprint density at radius 3 is 2.64 bits per heavy atom. The first-order valence-corrected chi connectivity index (χ1v) is 8.53. The van der Waals surface area contributed by atoms with Crippen molar-refractivity contribution in [3.63, 3.8) is 0 Å². The lowest BCUT2D eigenvalue weighted by molar-refractivity contribution is -0.141. The van der Waals surface area contributed by atoms with Gasteiger partial charge in [0.1, 0.15) is 0 Å². The van der Waals surface area contributed by atoms with E-state index < -0.39 is 0 Å². The van der Waals surface area contributed by atoms with Crippen molar-refractivity contribution < 1.29 is 9.53 Å². The van der Waals surface area contributed by atoms with Crippen molar-refractivity contribution in [3.05, 3.63) is 65.2 Å². The zero-order valence-electron chi connectivity index (χ0n) is 14.6. The summed E-state index contributed by atoms with van der Waals surface area (Å²) >= 11 is 0. The molecule has 0 saturated heterocycles. The number of nitriles is 1. The monoisotopic (exact) mass is 336 g/mol. The minimum atomic E-state index is -0.217. The molecule has 0 bridgehead atoms. The van der Waals surface area contributed by atoms with E-state index in [1.807, 2.05) is 30.3 Å². The van der Waals surface area contributed by atoms with Crippen LogP contribution in [0.4, 0.5) is 5.69 Å². The molecule has 0 fully saturated rings. The lowest BCUT2D eigenvalue weighted by Crippen LogP contribution is -2.09. The predicted octanol–water partition coefficient (Wildman–Crippen LogP) is 4.20. The van der Waals surface area contributed by atoms with E-state index in [9.17, 15) is 4.79 Å². The molecule has 130 valence electrons. The molecule has 0 saturated carbocycles. The van der Waals surface area contributed by atoms with Crippen LogP contribution in [0.15, 0.2) is 48.5 Å². The zero-order valence-corrected chi connectivity index (χ0v) is 14.6. The van der Waals surface area contributed by atoms with E-state index in [1.165, 1.54) is 12.7 Å². The number of nitrogen functional groups attached to an aromatic ring is 1. The second kappa shape index (κ2) is 9.48. The number of benzene rings is 2. The molecule has 0 amide bonds. The summed E-state index contributed by atoms with van der Waals surface area (Å²) in [6, 6.07) is 17.6. The third kappa shape index (κ3) is 5.96. The van der Waals surface area contributed by atoms with Gasteiger partial charge in [0.25, 0.3) is 0 Å². The third-order valence-corrected chi connectivity index (χ3v) is 4.38. The number of esters is 1. The Kier molecular flexibility index (Phi) is 7.03. The highest BCUT2D eigenvalue weighted by atomic mass is 16.5. The first-order chi connectivity index (χ1) is 12.1. The number of nitrogens with two attached hydrogens (primary N) is 1. The lowest BCUT2D eigenvalue weighted by Gasteiger charge is -2.16. The number of hydrogen-bond donors (Lipinski definition) is 1. The van der Waals surface area contributed by atoms with Gasteiger partial charge in [0, 0.05) is 5.69 Å². The number of hydrogen-bond acceptors (Lipinski definition) is 4. The Hall–Kier alpha value is -2.80. The summed E-state index contributed by atoms with van der Waals surface area (Å²) in [6.07, 6.45) is 4.26. The second-order valence-corrected chi connectivity index (χ2v) is 6.20. The van der Waals surface area contributed by atoms with Gasteiger partial charge in [-0.3, -0.25) is 4.79 Å². The van der Waals surface area contributed by atoms with Crippen LogP contribution < -0.4 is 5.73 Å². The Morgan fingerprint density at radius 1 is 1.20 bits per heavy atom. The van der Waals surface area contributed by atoms with Crippen molar-refractivity contribution in [2.24, 2.45) is 0 Å². The minimum absolute atomic E-state index is 0.0761. The molecule has 2 aromatic rings. The first-order valence-electron chi connectivity index (χ1n) is 8.53. The summed E-state index contributed by atoms with van der Waals surface area (Å²) in [4.78, 5) is 11.7. The standard InChI is InChI=1S/C21H24N2O2/c1-25-21(24)14-19(18-8-4-6-17(13-18)15-22)7-3-2-5-16-9-11-20(23)12-10-16/h4,6,8-13,19H,2-3,5,7,14,23H2,1H3. The van der Waals surface area contributed by atoms with Crippen molar-refractivity contribution in [2.45, 2.75) is 38.0 Å². The molecule has 4 heteroatoms. The van der Waals surface area contributed by atoms with Crippen LogP contribution in [0.25, 0.3) is 0 Å². The number of aryl methyl sites for hydroxylation is 1. The number of carbonyl (C=O) groups excluding carboxylic acids is 1. The Morgan fingerprint density at radius 2 is 1.96 bits per heavy atom. The highest BCUT2D eigenvalue weighted by Crippen LogP contribution is 2.27.